The van der Waals surface area contributed by atoms with Crippen molar-refractivity contribution in [2.24, 2.45) is 0 Å². The van der Waals surface area contributed by atoms with Crippen LogP contribution in [-0.4, -0.2) is 19.9 Å². The molecule has 0 amide bonds. The maximum atomic E-state index is 6.62. The van der Waals surface area contributed by atoms with Crippen molar-refractivity contribution in [2.75, 3.05) is 0 Å². The van der Waals surface area contributed by atoms with E-state index in [1.165, 1.54) is 33.0 Å². The molecule has 6 aromatic carbocycles. The van der Waals surface area contributed by atoms with Crippen molar-refractivity contribution in [2.45, 2.75) is 0 Å². The standard InChI is InChI=1S/C42H24N4O/c1-3-11-25(12-4-1)39-44-40(26-13-5-2-6-14-26)46-41(45-39)33-21-20-29(38-37(33)34-19-10-22-43-42(34)47-38)28-23-27-15-9-18-32-30-16-7-8-17-31(30)35(24-28)36(27)32/h1-24H. The van der Waals surface area contributed by atoms with E-state index in [2.05, 4.69) is 77.8 Å². The Hall–Kier alpha value is -6.46. The first-order chi connectivity index (χ1) is 23.3. The van der Waals surface area contributed by atoms with Crippen molar-refractivity contribution in [3.05, 3.63) is 146 Å². The molecule has 9 aromatic rings. The van der Waals surface area contributed by atoms with Gasteiger partial charge in [0.25, 0.3) is 0 Å². The summed E-state index contributed by atoms with van der Waals surface area (Å²) in [6.45, 7) is 0. The number of benzene rings is 6. The number of nitrogens with zero attached hydrogens (tertiary/aromatic N) is 4. The SMILES string of the molecule is c1ccc(-c2nc(-c3ccccc3)nc(-c3ccc(-c4cc5c6c(cccc6c4)-c4ccccc4-5)c4oc5ncccc5c34)n2)cc1. The second-order valence-corrected chi connectivity index (χ2v) is 11.8. The van der Waals surface area contributed by atoms with Gasteiger partial charge in [0.1, 0.15) is 5.58 Å². The summed E-state index contributed by atoms with van der Waals surface area (Å²) in [4.78, 5) is 19.6. The van der Waals surface area contributed by atoms with Gasteiger partial charge >= 0.3 is 0 Å². The molecule has 3 heterocycles. The summed E-state index contributed by atoms with van der Waals surface area (Å²) >= 11 is 0. The number of rotatable bonds is 4. The van der Waals surface area contributed by atoms with E-state index < -0.39 is 0 Å². The van der Waals surface area contributed by atoms with E-state index >= 15 is 0 Å². The second kappa shape index (κ2) is 10.0. The molecule has 218 valence electrons. The van der Waals surface area contributed by atoms with E-state index in [0.29, 0.717) is 23.2 Å². The van der Waals surface area contributed by atoms with E-state index in [1.54, 1.807) is 6.20 Å². The van der Waals surface area contributed by atoms with Crippen LogP contribution in [0.4, 0.5) is 0 Å². The zero-order chi connectivity index (χ0) is 30.9. The number of fused-ring (bicyclic) bond motifs is 6. The lowest BCUT2D eigenvalue weighted by Gasteiger charge is -2.12. The molecule has 0 saturated heterocycles. The normalized spacial score (nSPS) is 11.8. The Morgan fingerprint density at radius 3 is 1.79 bits per heavy atom. The van der Waals surface area contributed by atoms with E-state index in [0.717, 1.165) is 44.2 Å². The van der Waals surface area contributed by atoms with E-state index in [9.17, 15) is 0 Å². The third-order valence-electron chi connectivity index (χ3n) is 9.13. The zero-order valence-corrected chi connectivity index (χ0v) is 25.1. The highest BCUT2D eigenvalue weighted by Crippen LogP contribution is 2.49. The number of hydrogen-bond acceptors (Lipinski definition) is 5. The van der Waals surface area contributed by atoms with Gasteiger partial charge in [-0.05, 0) is 75.0 Å². The van der Waals surface area contributed by atoms with Gasteiger partial charge in [-0.3, -0.25) is 0 Å². The molecule has 0 atom stereocenters. The summed E-state index contributed by atoms with van der Waals surface area (Å²) < 4.78 is 6.62. The zero-order valence-electron chi connectivity index (χ0n) is 25.1. The quantitative estimate of drug-likeness (QED) is 0.201. The van der Waals surface area contributed by atoms with Crippen molar-refractivity contribution in [3.8, 4) is 67.5 Å². The Labute approximate surface area is 269 Å². The smallest absolute Gasteiger partial charge is 0.227 e. The van der Waals surface area contributed by atoms with Gasteiger partial charge < -0.3 is 4.42 Å². The van der Waals surface area contributed by atoms with Crippen LogP contribution >= 0.6 is 0 Å². The predicted octanol–water partition coefficient (Wildman–Crippen LogP) is 10.6. The van der Waals surface area contributed by atoms with Crippen LogP contribution in [0.2, 0.25) is 0 Å². The first-order valence-electron chi connectivity index (χ1n) is 15.6. The highest BCUT2D eigenvalue weighted by atomic mass is 16.3. The van der Waals surface area contributed by atoms with Crippen LogP contribution in [0.1, 0.15) is 0 Å². The van der Waals surface area contributed by atoms with E-state index in [4.69, 9.17) is 19.4 Å². The Morgan fingerprint density at radius 1 is 0.404 bits per heavy atom. The molecule has 0 aliphatic heterocycles. The van der Waals surface area contributed by atoms with Gasteiger partial charge in [0.2, 0.25) is 5.71 Å². The minimum atomic E-state index is 0.579. The molecule has 0 fully saturated rings. The van der Waals surface area contributed by atoms with Crippen LogP contribution in [0.5, 0.6) is 0 Å². The van der Waals surface area contributed by atoms with Gasteiger partial charge in [-0.2, -0.15) is 0 Å². The van der Waals surface area contributed by atoms with E-state index in [1.807, 2.05) is 66.7 Å². The lowest BCUT2D eigenvalue weighted by Crippen LogP contribution is -2.00. The maximum Gasteiger partial charge on any atom is 0.227 e. The Morgan fingerprint density at radius 2 is 1.04 bits per heavy atom. The summed E-state index contributed by atoms with van der Waals surface area (Å²) in [5.74, 6) is 1.81. The van der Waals surface area contributed by atoms with Crippen LogP contribution < -0.4 is 0 Å². The Balaban J connectivity index is 1.24. The average Bonchev–Trinajstić information content (AvgIpc) is 3.69. The number of furan rings is 1. The molecule has 0 radical (unpaired) electrons. The molecule has 3 aromatic heterocycles. The molecule has 0 bridgehead atoms. The molecule has 0 unspecified atom stereocenters. The van der Waals surface area contributed by atoms with Crippen LogP contribution in [0.3, 0.4) is 0 Å². The monoisotopic (exact) mass is 600 g/mol. The van der Waals surface area contributed by atoms with Crippen molar-refractivity contribution in [3.63, 3.8) is 0 Å². The van der Waals surface area contributed by atoms with Gasteiger partial charge in [0, 0.05) is 39.2 Å². The van der Waals surface area contributed by atoms with Crippen LogP contribution in [0.25, 0.3) is 100 Å². The first kappa shape index (κ1) is 25.8. The Kier molecular flexibility index (Phi) is 5.51. The van der Waals surface area contributed by atoms with Crippen molar-refractivity contribution < 1.29 is 4.42 Å². The largest absolute Gasteiger partial charge is 0.437 e. The summed E-state index contributed by atoms with van der Waals surface area (Å²) in [7, 11) is 0. The molecule has 47 heavy (non-hydrogen) atoms. The second-order valence-electron chi connectivity index (χ2n) is 11.8. The maximum absolute atomic E-state index is 6.62. The van der Waals surface area contributed by atoms with Gasteiger partial charge in [0.15, 0.2) is 17.5 Å². The molecule has 5 nitrogen and oxygen atoms in total. The Bertz CT molecular complexity index is 2620. The molecule has 0 spiro atoms. The summed E-state index contributed by atoms with van der Waals surface area (Å²) in [6.07, 6.45) is 1.77. The van der Waals surface area contributed by atoms with Crippen LogP contribution in [0.15, 0.2) is 150 Å². The molecular weight excluding hydrogens is 576 g/mol. The van der Waals surface area contributed by atoms with Crippen molar-refractivity contribution in [1.82, 2.24) is 19.9 Å². The number of pyridine rings is 1. The van der Waals surface area contributed by atoms with Gasteiger partial charge in [-0.25, -0.2) is 19.9 Å². The fourth-order valence-corrected chi connectivity index (χ4v) is 7.03. The molecule has 1 aliphatic carbocycles. The number of aromatic nitrogens is 4. The molecule has 5 heteroatoms. The lowest BCUT2D eigenvalue weighted by atomic mass is 9.93. The van der Waals surface area contributed by atoms with Crippen LogP contribution in [0, 0.1) is 0 Å². The van der Waals surface area contributed by atoms with Gasteiger partial charge in [0.05, 0.1) is 0 Å². The molecule has 10 rings (SSSR count). The fourth-order valence-electron chi connectivity index (χ4n) is 7.03. The topological polar surface area (TPSA) is 64.7 Å². The molecule has 0 N–H and O–H groups in total. The van der Waals surface area contributed by atoms with E-state index in [-0.39, 0.29) is 0 Å². The van der Waals surface area contributed by atoms with Gasteiger partial charge in [-0.15, -0.1) is 0 Å². The highest BCUT2D eigenvalue weighted by molar-refractivity contribution is 6.19. The average molecular weight is 601 g/mol. The van der Waals surface area contributed by atoms with Gasteiger partial charge in [-0.1, -0.05) is 103 Å². The van der Waals surface area contributed by atoms with Crippen molar-refractivity contribution in [1.29, 1.82) is 0 Å². The first-order valence-corrected chi connectivity index (χ1v) is 15.6. The molecule has 0 saturated carbocycles. The van der Waals surface area contributed by atoms with Crippen LogP contribution in [-0.2, 0) is 0 Å². The van der Waals surface area contributed by atoms with Crippen molar-refractivity contribution >= 4 is 32.8 Å². The predicted molar refractivity (Wildman–Crippen MR) is 189 cm³/mol. The third kappa shape index (κ3) is 3.97. The summed E-state index contributed by atoms with van der Waals surface area (Å²) in [5, 5.41) is 4.35. The molecular formula is C42H24N4O. The minimum absolute atomic E-state index is 0.579. The summed E-state index contributed by atoms with van der Waals surface area (Å²) in [6, 6.07) is 48.1. The lowest BCUT2D eigenvalue weighted by molar-refractivity contribution is 0.655. The fraction of sp³-hybridized carbons (Fsp3) is 0. The highest BCUT2D eigenvalue weighted by Gasteiger charge is 2.24. The molecule has 1 aliphatic rings. The third-order valence-corrected chi connectivity index (χ3v) is 9.13. The minimum Gasteiger partial charge on any atom is -0.437 e. The summed E-state index contributed by atoms with van der Waals surface area (Å²) in [5.41, 5.74) is 11.2. The number of hydrogen-bond donors (Lipinski definition) is 0.